The molecule has 0 unspecified atom stereocenters. The van der Waals surface area contributed by atoms with Gasteiger partial charge in [0.05, 0.1) is 11.1 Å². The summed E-state index contributed by atoms with van der Waals surface area (Å²) < 4.78 is 5.27. The van der Waals surface area contributed by atoms with Crippen molar-refractivity contribution in [1.82, 2.24) is 10.3 Å². The summed E-state index contributed by atoms with van der Waals surface area (Å²) in [5.74, 6) is 1.43. The Bertz CT molecular complexity index is 497. The molecule has 1 aromatic heterocycles. The maximum absolute atomic E-state index is 11.7. The Balaban J connectivity index is 1.72. The van der Waals surface area contributed by atoms with Gasteiger partial charge < -0.3 is 10.1 Å². The van der Waals surface area contributed by atoms with Crippen LogP contribution in [0.15, 0.2) is 41.6 Å². The van der Waals surface area contributed by atoms with E-state index in [2.05, 4.69) is 16.4 Å². The third-order valence-electron chi connectivity index (χ3n) is 2.96. The van der Waals surface area contributed by atoms with Crippen LogP contribution in [-0.2, 0) is 4.74 Å². The summed E-state index contributed by atoms with van der Waals surface area (Å²) in [6.45, 7) is 5.59. The van der Waals surface area contributed by atoms with Gasteiger partial charge in [-0.3, -0.25) is 0 Å². The van der Waals surface area contributed by atoms with E-state index in [1.54, 1.807) is 18.0 Å². The van der Waals surface area contributed by atoms with Crippen molar-refractivity contribution in [3.05, 3.63) is 36.5 Å². The predicted molar refractivity (Wildman–Crippen MR) is 85.4 cm³/mol. The number of hydrogen-bond acceptors (Lipinski definition) is 4. The van der Waals surface area contributed by atoms with Crippen molar-refractivity contribution in [2.45, 2.75) is 43.9 Å². The number of rotatable bonds is 4. The molecule has 1 N–H and O–H groups in total. The number of thioether (sulfide) groups is 1. The van der Waals surface area contributed by atoms with Gasteiger partial charge in [0.1, 0.15) is 5.60 Å². The normalized spacial score (nSPS) is 21.3. The van der Waals surface area contributed by atoms with Gasteiger partial charge in [-0.15, -0.1) is 11.8 Å². The van der Waals surface area contributed by atoms with E-state index in [9.17, 15) is 4.79 Å². The number of allylic oxidation sites excluding steroid dienone is 1. The minimum atomic E-state index is -0.458. The van der Waals surface area contributed by atoms with Crippen LogP contribution in [0, 0.1) is 5.92 Å². The molecule has 0 saturated carbocycles. The fourth-order valence-electron chi connectivity index (χ4n) is 2.09. The van der Waals surface area contributed by atoms with E-state index in [-0.39, 0.29) is 12.1 Å². The molecule has 114 valence electrons. The SMILES string of the molecule is CC(C)(C)OC(=O)N[C@H]1C=C[C@@H](CSc2ccccn2)C1. The molecule has 1 aromatic rings. The molecule has 1 aliphatic rings. The minimum absolute atomic E-state index is 0.0641. The monoisotopic (exact) mass is 306 g/mol. The van der Waals surface area contributed by atoms with Crippen LogP contribution in [0.4, 0.5) is 4.79 Å². The van der Waals surface area contributed by atoms with Crippen molar-refractivity contribution in [3.8, 4) is 0 Å². The van der Waals surface area contributed by atoms with Crippen LogP contribution in [0.2, 0.25) is 0 Å². The van der Waals surface area contributed by atoms with Gasteiger partial charge >= 0.3 is 6.09 Å². The first-order chi connectivity index (χ1) is 9.92. The zero-order valence-electron chi connectivity index (χ0n) is 12.7. The van der Waals surface area contributed by atoms with Crippen molar-refractivity contribution in [2.24, 2.45) is 5.92 Å². The molecule has 21 heavy (non-hydrogen) atoms. The number of carbonyl (C=O) groups is 1. The van der Waals surface area contributed by atoms with E-state index in [1.165, 1.54) is 0 Å². The third kappa shape index (κ3) is 5.79. The first kappa shape index (κ1) is 15.9. The van der Waals surface area contributed by atoms with Gasteiger partial charge in [0.25, 0.3) is 0 Å². The Labute approximate surface area is 130 Å². The highest BCUT2D eigenvalue weighted by molar-refractivity contribution is 7.99. The molecule has 0 spiro atoms. The van der Waals surface area contributed by atoms with Gasteiger partial charge in [0, 0.05) is 11.9 Å². The van der Waals surface area contributed by atoms with Gasteiger partial charge in [0.2, 0.25) is 0 Å². The molecule has 1 heterocycles. The highest BCUT2D eigenvalue weighted by Gasteiger charge is 2.23. The van der Waals surface area contributed by atoms with Crippen molar-refractivity contribution in [2.75, 3.05) is 5.75 Å². The van der Waals surface area contributed by atoms with Crippen molar-refractivity contribution in [1.29, 1.82) is 0 Å². The number of nitrogens with zero attached hydrogens (tertiary/aromatic N) is 1. The topological polar surface area (TPSA) is 51.2 Å². The van der Waals surface area contributed by atoms with Crippen LogP contribution in [0.5, 0.6) is 0 Å². The maximum atomic E-state index is 11.7. The summed E-state index contributed by atoms with van der Waals surface area (Å²) in [5, 5.41) is 3.93. The molecule has 0 aromatic carbocycles. The molecule has 0 aliphatic heterocycles. The quantitative estimate of drug-likeness (QED) is 0.681. The third-order valence-corrected chi connectivity index (χ3v) is 4.09. The molecule has 2 rings (SSSR count). The summed E-state index contributed by atoms with van der Waals surface area (Å²) in [4.78, 5) is 16.0. The molecule has 5 heteroatoms. The molecule has 4 nitrogen and oxygen atoms in total. The van der Waals surface area contributed by atoms with Crippen LogP contribution in [0.1, 0.15) is 27.2 Å². The Hall–Kier alpha value is -1.49. The molecule has 0 radical (unpaired) electrons. The second-order valence-corrected chi connectivity index (χ2v) is 7.15. The van der Waals surface area contributed by atoms with E-state index in [0.29, 0.717) is 5.92 Å². The van der Waals surface area contributed by atoms with Crippen LogP contribution in [-0.4, -0.2) is 28.5 Å². The number of hydrogen-bond donors (Lipinski definition) is 1. The summed E-state index contributed by atoms with van der Waals surface area (Å²) in [6.07, 6.45) is 6.58. The molecule has 2 atom stereocenters. The Morgan fingerprint density at radius 3 is 2.90 bits per heavy atom. The van der Waals surface area contributed by atoms with Gasteiger partial charge in [-0.1, -0.05) is 18.2 Å². The van der Waals surface area contributed by atoms with E-state index in [0.717, 1.165) is 17.2 Å². The van der Waals surface area contributed by atoms with Crippen LogP contribution in [0.3, 0.4) is 0 Å². The standard InChI is InChI=1S/C16H22N2O2S/c1-16(2,3)20-15(19)18-13-8-7-12(10-13)11-21-14-6-4-5-9-17-14/h4-9,12-13H,10-11H2,1-3H3,(H,18,19)/t12-,13+/m1/s1. The van der Waals surface area contributed by atoms with Crippen molar-refractivity contribution in [3.63, 3.8) is 0 Å². The van der Waals surface area contributed by atoms with Gasteiger partial charge in [0.15, 0.2) is 0 Å². The van der Waals surface area contributed by atoms with Crippen LogP contribution >= 0.6 is 11.8 Å². The lowest BCUT2D eigenvalue weighted by Crippen LogP contribution is -2.37. The molecular formula is C16H22N2O2S. The van der Waals surface area contributed by atoms with Crippen molar-refractivity contribution >= 4 is 17.9 Å². The lowest BCUT2D eigenvalue weighted by molar-refractivity contribution is 0.0513. The van der Waals surface area contributed by atoms with Gasteiger partial charge in [-0.25, -0.2) is 9.78 Å². The predicted octanol–water partition coefficient (Wildman–Crippen LogP) is 3.64. The zero-order chi connectivity index (χ0) is 15.3. The average molecular weight is 306 g/mol. The van der Waals surface area contributed by atoms with Crippen molar-refractivity contribution < 1.29 is 9.53 Å². The number of aromatic nitrogens is 1. The fraction of sp³-hybridized carbons (Fsp3) is 0.500. The number of alkyl carbamates (subject to hydrolysis) is 1. The molecule has 1 amide bonds. The minimum Gasteiger partial charge on any atom is -0.444 e. The van der Waals surface area contributed by atoms with E-state index in [4.69, 9.17) is 4.74 Å². The molecule has 0 saturated heterocycles. The molecule has 0 fully saturated rings. The molecule has 0 bridgehead atoms. The lowest BCUT2D eigenvalue weighted by Gasteiger charge is -2.21. The second kappa shape index (κ2) is 6.98. The lowest BCUT2D eigenvalue weighted by atomic mass is 10.1. The first-order valence-electron chi connectivity index (χ1n) is 7.14. The Kier molecular flexibility index (Phi) is 5.28. The maximum Gasteiger partial charge on any atom is 0.408 e. The van der Waals surface area contributed by atoms with Gasteiger partial charge in [-0.2, -0.15) is 0 Å². The number of carbonyl (C=O) groups excluding carboxylic acids is 1. The molecular weight excluding hydrogens is 284 g/mol. The van der Waals surface area contributed by atoms with Crippen LogP contribution < -0.4 is 5.32 Å². The number of amides is 1. The second-order valence-electron chi connectivity index (χ2n) is 6.11. The zero-order valence-corrected chi connectivity index (χ0v) is 13.5. The summed E-state index contributed by atoms with van der Waals surface area (Å²) >= 11 is 1.74. The van der Waals surface area contributed by atoms with E-state index >= 15 is 0 Å². The van der Waals surface area contributed by atoms with E-state index < -0.39 is 5.60 Å². The highest BCUT2D eigenvalue weighted by atomic mass is 32.2. The number of pyridine rings is 1. The largest absolute Gasteiger partial charge is 0.444 e. The number of ether oxygens (including phenoxy) is 1. The number of nitrogens with one attached hydrogen (secondary N) is 1. The van der Waals surface area contributed by atoms with Gasteiger partial charge in [-0.05, 0) is 45.2 Å². The average Bonchev–Trinajstić information content (AvgIpc) is 2.83. The summed E-state index contributed by atoms with van der Waals surface area (Å²) in [7, 11) is 0. The summed E-state index contributed by atoms with van der Waals surface area (Å²) in [6, 6.07) is 5.99. The Morgan fingerprint density at radius 2 is 2.24 bits per heavy atom. The Morgan fingerprint density at radius 1 is 1.43 bits per heavy atom. The molecule has 1 aliphatic carbocycles. The highest BCUT2D eigenvalue weighted by Crippen LogP contribution is 2.25. The van der Waals surface area contributed by atoms with E-state index in [1.807, 2.05) is 45.0 Å². The summed E-state index contributed by atoms with van der Waals surface area (Å²) in [5.41, 5.74) is -0.458. The smallest absolute Gasteiger partial charge is 0.408 e. The fourth-order valence-corrected chi connectivity index (χ4v) is 3.03. The van der Waals surface area contributed by atoms with Crippen LogP contribution in [0.25, 0.3) is 0 Å². The first-order valence-corrected chi connectivity index (χ1v) is 8.12.